The van der Waals surface area contributed by atoms with Gasteiger partial charge in [-0.1, -0.05) is 188 Å². The molecule has 3 heteroatoms. The second kappa shape index (κ2) is 16.9. The number of fused-ring (bicyclic) bond motifs is 6. The maximum atomic E-state index is 6.35. The molecule has 69 heavy (non-hydrogen) atoms. The van der Waals surface area contributed by atoms with Gasteiger partial charge in [-0.3, -0.25) is 0 Å². The highest BCUT2D eigenvalue weighted by Crippen LogP contribution is 2.45. The summed E-state index contributed by atoms with van der Waals surface area (Å²) in [6.45, 7) is 0. The summed E-state index contributed by atoms with van der Waals surface area (Å²) < 4.78 is 8.74. The predicted molar refractivity (Wildman–Crippen MR) is 290 cm³/mol. The topological polar surface area (TPSA) is 21.3 Å². The first-order valence-corrected chi connectivity index (χ1v) is 23.6. The average molecular weight is 881 g/mol. The molecule has 0 aliphatic heterocycles. The van der Waals surface area contributed by atoms with Crippen molar-refractivity contribution < 1.29 is 4.42 Å². The molecule has 0 N–H and O–H groups in total. The van der Waals surface area contributed by atoms with Crippen LogP contribution in [-0.4, -0.2) is 4.57 Å². The van der Waals surface area contributed by atoms with E-state index in [1.165, 1.54) is 44.1 Å². The van der Waals surface area contributed by atoms with Crippen LogP contribution in [0.1, 0.15) is 0 Å². The van der Waals surface area contributed by atoms with Gasteiger partial charge in [0.05, 0.1) is 16.7 Å². The molecule has 3 nitrogen and oxygen atoms in total. The number of nitrogens with zero attached hydrogens (tertiary/aromatic N) is 2. The molecule has 0 radical (unpaired) electrons. The predicted octanol–water partition coefficient (Wildman–Crippen LogP) is 18.5. The van der Waals surface area contributed by atoms with Gasteiger partial charge in [-0.25, -0.2) is 0 Å². The minimum atomic E-state index is 0.884. The lowest BCUT2D eigenvalue weighted by molar-refractivity contribution is 0.669. The lowest BCUT2D eigenvalue weighted by Gasteiger charge is -2.28. The first kappa shape index (κ1) is 40.1. The van der Waals surface area contributed by atoms with Gasteiger partial charge in [-0.15, -0.1) is 0 Å². The van der Waals surface area contributed by atoms with E-state index in [-0.39, 0.29) is 0 Å². The fourth-order valence-corrected chi connectivity index (χ4v) is 10.4. The van der Waals surface area contributed by atoms with E-state index >= 15 is 0 Å². The van der Waals surface area contributed by atoms with Crippen molar-refractivity contribution in [1.82, 2.24) is 4.57 Å². The Balaban J connectivity index is 0.908. The van der Waals surface area contributed by atoms with Gasteiger partial charge in [0.2, 0.25) is 0 Å². The van der Waals surface area contributed by atoms with E-state index in [0.717, 1.165) is 78.1 Å². The summed E-state index contributed by atoms with van der Waals surface area (Å²) >= 11 is 0. The first-order valence-electron chi connectivity index (χ1n) is 23.6. The number of benzene rings is 11. The third-order valence-corrected chi connectivity index (χ3v) is 13.6. The molecule has 0 saturated heterocycles. The van der Waals surface area contributed by atoms with E-state index in [9.17, 15) is 0 Å². The van der Waals surface area contributed by atoms with Crippen molar-refractivity contribution in [2.75, 3.05) is 4.90 Å². The number of rotatable bonds is 9. The molecular formula is C66H44N2O. The fourth-order valence-electron chi connectivity index (χ4n) is 10.4. The molecule has 13 rings (SSSR count). The maximum absolute atomic E-state index is 6.35. The van der Waals surface area contributed by atoms with Crippen molar-refractivity contribution in [3.63, 3.8) is 0 Å². The highest BCUT2D eigenvalue weighted by atomic mass is 16.3. The van der Waals surface area contributed by atoms with E-state index in [4.69, 9.17) is 4.42 Å². The molecule has 0 bridgehead atoms. The summed E-state index contributed by atoms with van der Waals surface area (Å²) in [7, 11) is 0. The van der Waals surface area contributed by atoms with Crippen molar-refractivity contribution in [2.45, 2.75) is 0 Å². The highest BCUT2D eigenvalue weighted by molar-refractivity contribution is 6.13. The molecule has 0 fully saturated rings. The third-order valence-electron chi connectivity index (χ3n) is 13.6. The van der Waals surface area contributed by atoms with Gasteiger partial charge in [-0.2, -0.15) is 0 Å². The normalized spacial score (nSPS) is 11.5. The lowest BCUT2D eigenvalue weighted by Crippen LogP contribution is -2.11. The Kier molecular flexibility index (Phi) is 9.84. The van der Waals surface area contributed by atoms with Gasteiger partial charge in [0.1, 0.15) is 11.2 Å². The van der Waals surface area contributed by atoms with Gasteiger partial charge in [0, 0.05) is 44.2 Å². The third kappa shape index (κ3) is 7.16. The quantitative estimate of drug-likeness (QED) is 0.144. The molecule has 0 unspecified atom stereocenters. The number of hydrogen-bond acceptors (Lipinski definition) is 2. The van der Waals surface area contributed by atoms with Crippen LogP contribution in [0.15, 0.2) is 271 Å². The van der Waals surface area contributed by atoms with E-state index in [0.29, 0.717) is 0 Å². The standard InChI is InChI=1S/C66H44N2O/c1-2-17-45(18-3-1)48-20-13-23-51(42-48)56-27-4-8-32-61(56)67(54-25-15-24-52(44-54)57-31-16-36-65-66(57)60-30-7-11-35-64(60)69-65)53-39-37-46(38-40-53)47-19-12-21-49(41-47)50-22-14-26-55(43-50)68-62-33-9-5-28-58(62)59-29-6-10-34-63(59)68/h1-44H. The van der Waals surface area contributed by atoms with Crippen LogP contribution < -0.4 is 4.90 Å². The molecule has 0 saturated carbocycles. The molecule has 2 aromatic heterocycles. The van der Waals surface area contributed by atoms with Gasteiger partial charge >= 0.3 is 0 Å². The Hall–Kier alpha value is -9.18. The lowest BCUT2D eigenvalue weighted by atomic mass is 9.96. The largest absolute Gasteiger partial charge is 0.456 e. The minimum Gasteiger partial charge on any atom is -0.456 e. The minimum absolute atomic E-state index is 0.884. The molecule has 0 aliphatic rings. The first-order chi connectivity index (χ1) is 34.2. The molecule has 0 spiro atoms. The van der Waals surface area contributed by atoms with Crippen LogP contribution in [0.4, 0.5) is 17.1 Å². The second-order valence-corrected chi connectivity index (χ2v) is 17.7. The van der Waals surface area contributed by atoms with Crippen LogP contribution >= 0.6 is 0 Å². The fraction of sp³-hybridized carbons (Fsp3) is 0. The summed E-state index contributed by atoms with van der Waals surface area (Å²) in [5.41, 5.74) is 20.1. The summed E-state index contributed by atoms with van der Waals surface area (Å²) in [5.74, 6) is 0. The molecule has 0 atom stereocenters. The molecule has 0 amide bonds. The second-order valence-electron chi connectivity index (χ2n) is 17.7. The number of furan rings is 1. The SMILES string of the molecule is c1ccc(-c2cccc(-c3ccccc3N(c3ccc(-c4cccc(-c5cccc(-n6c7ccccc7c7ccccc76)c5)c4)cc3)c3cccc(-c4cccc5oc6ccccc6c45)c3)c2)cc1. The van der Waals surface area contributed by atoms with Crippen molar-refractivity contribution in [3.8, 4) is 61.3 Å². The van der Waals surface area contributed by atoms with Crippen LogP contribution in [0.2, 0.25) is 0 Å². The van der Waals surface area contributed by atoms with Gasteiger partial charge in [0.15, 0.2) is 0 Å². The van der Waals surface area contributed by atoms with Gasteiger partial charge in [-0.05, 0) is 129 Å². The Bertz CT molecular complexity index is 3970. The van der Waals surface area contributed by atoms with E-state index in [1.807, 2.05) is 12.1 Å². The van der Waals surface area contributed by atoms with Crippen LogP contribution in [0.3, 0.4) is 0 Å². The zero-order valence-electron chi connectivity index (χ0n) is 37.7. The molecule has 2 heterocycles. The summed E-state index contributed by atoms with van der Waals surface area (Å²) in [6.07, 6.45) is 0. The van der Waals surface area contributed by atoms with Crippen molar-refractivity contribution in [3.05, 3.63) is 267 Å². The monoisotopic (exact) mass is 880 g/mol. The maximum Gasteiger partial charge on any atom is 0.136 e. The molecule has 11 aromatic carbocycles. The van der Waals surface area contributed by atoms with Gasteiger partial charge in [0.25, 0.3) is 0 Å². The smallest absolute Gasteiger partial charge is 0.136 e. The van der Waals surface area contributed by atoms with Crippen molar-refractivity contribution in [2.24, 2.45) is 0 Å². The molecule has 324 valence electrons. The van der Waals surface area contributed by atoms with Crippen LogP contribution in [0, 0.1) is 0 Å². The molecule has 0 aliphatic carbocycles. The summed E-state index contributed by atoms with van der Waals surface area (Å²) in [5, 5.41) is 4.76. The number of para-hydroxylation sites is 4. The number of anilines is 3. The summed E-state index contributed by atoms with van der Waals surface area (Å²) in [6, 6.07) is 96.1. The van der Waals surface area contributed by atoms with E-state index in [2.05, 4.69) is 264 Å². The van der Waals surface area contributed by atoms with Crippen LogP contribution in [0.5, 0.6) is 0 Å². The van der Waals surface area contributed by atoms with Crippen molar-refractivity contribution in [1.29, 1.82) is 0 Å². The van der Waals surface area contributed by atoms with Gasteiger partial charge < -0.3 is 13.9 Å². The average Bonchev–Trinajstić information content (AvgIpc) is 3.98. The van der Waals surface area contributed by atoms with Crippen LogP contribution in [-0.2, 0) is 0 Å². The highest BCUT2D eigenvalue weighted by Gasteiger charge is 2.20. The Morgan fingerprint density at radius 1 is 0.290 bits per heavy atom. The Morgan fingerprint density at radius 2 is 0.783 bits per heavy atom. The molecule has 13 aromatic rings. The Labute approximate surface area is 401 Å². The van der Waals surface area contributed by atoms with E-state index < -0.39 is 0 Å². The zero-order chi connectivity index (χ0) is 45.7. The zero-order valence-corrected chi connectivity index (χ0v) is 37.7. The van der Waals surface area contributed by atoms with Crippen molar-refractivity contribution >= 4 is 60.8 Å². The van der Waals surface area contributed by atoms with Crippen LogP contribution in [0.25, 0.3) is 105 Å². The number of hydrogen-bond donors (Lipinski definition) is 0. The Morgan fingerprint density at radius 3 is 1.54 bits per heavy atom. The van der Waals surface area contributed by atoms with E-state index in [1.54, 1.807) is 0 Å². The number of aromatic nitrogens is 1. The summed E-state index contributed by atoms with van der Waals surface area (Å²) in [4.78, 5) is 2.40. The molecular weight excluding hydrogens is 837 g/mol.